The molecule has 0 aromatic heterocycles. The Labute approximate surface area is 161 Å². The number of nitrogens with zero attached hydrogens (tertiary/aromatic N) is 1. The summed E-state index contributed by atoms with van der Waals surface area (Å²) in [4.78, 5) is 26.7. The number of likely N-dealkylation sites (tertiary alicyclic amines) is 1. The van der Waals surface area contributed by atoms with E-state index in [1.54, 1.807) is 0 Å². The fourth-order valence-electron chi connectivity index (χ4n) is 3.26. The third kappa shape index (κ3) is 3.96. The summed E-state index contributed by atoms with van der Waals surface area (Å²) in [5, 5.41) is 13.4. The molecule has 2 aromatic rings. The molecule has 27 heavy (non-hydrogen) atoms. The first kappa shape index (κ1) is 19.3. The average molecular weight is 391 g/mol. The van der Waals surface area contributed by atoms with Crippen molar-refractivity contribution in [2.24, 2.45) is 0 Å². The molecule has 1 aliphatic heterocycles. The minimum Gasteiger partial charge on any atom is -0.372 e. The Bertz CT molecular complexity index is 841. The number of benzene rings is 2. The van der Waals surface area contributed by atoms with Crippen LogP contribution in [0.5, 0.6) is 0 Å². The lowest BCUT2D eigenvalue weighted by Crippen LogP contribution is -2.52. The fraction of sp³-hybridized carbons (Fsp3) is 0.300. The monoisotopic (exact) mass is 390 g/mol. The Morgan fingerprint density at radius 1 is 1.33 bits per heavy atom. The van der Waals surface area contributed by atoms with Crippen LogP contribution in [0.1, 0.15) is 30.5 Å². The fourth-order valence-corrected chi connectivity index (χ4v) is 3.51. The van der Waals surface area contributed by atoms with Crippen LogP contribution in [0.3, 0.4) is 0 Å². The van der Waals surface area contributed by atoms with Crippen LogP contribution in [0.2, 0.25) is 5.02 Å². The third-order valence-electron chi connectivity index (χ3n) is 4.83. The maximum absolute atomic E-state index is 13.4. The first-order valence-electron chi connectivity index (χ1n) is 8.63. The van der Waals surface area contributed by atoms with E-state index < -0.39 is 23.2 Å². The molecule has 1 aliphatic rings. The maximum Gasteiger partial charge on any atom is 0.264 e. The molecule has 2 atom stereocenters. The van der Waals surface area contributed by atoms with Gasteiger partial charge in [0.15, 0.2) is 0 Å². The molecule has 2 unspecified atom stereocenters. The SMILES string of the molecule is CC(c1ccccc1)N1CCC(O)(C(=O)NCc2cc(F)cc(Cl)c2)C1=O. The van der Waals surface area contributed by atoms with E-state index in [4.69, 9.17) is 11.6 Å². The van der Waals surface area contributed by atoms with Gasteiger partial charge in [0.25, 0.3) is 11.8 Å². The largest absolute Gasteiger partial charge is 0.372 e. The van der Waals surface area contributed by atoms with Crippen LogP contribution in [0.4, 0.5) is 4.39 Å². The minimum atomic E-state index is -2.12. The lowest BCUT2D eigenvalue weighted by Gasteiger charge is -2.27. The molecule has 1 heterocycles. The van der Waals surface area contributed by atoms with Crippen LogP contribution in [0.15, 0.2) is 48.5 Å². The van der Waals surface area contributed by atoms with E-state index in [2.05, 4.69) is 5.32 Å². The number of rotatable bonds is 5. The van der Waals surface area contributed by atoms with Crippen LogP contribution in [0, 0.1) is 5.82 Å². The van der Waals surface area contributed by atoms with Gasteiger partial charge in [-0.25, -0.2) is 4.39 Å². The number of aliphatic hydroxyl groups is 1. The van der Waals surface area contributed by atoms with Crippen LogP contribution >= 0.6 is 11.6 Å². The topological polar surface area (TPSA) is 69.6 Å². The van der Waals surface area contributed by atoms with E-state index >= 15 is 0 Å². The second kappa shape index (κ2) is 7.66. The highest BCUT2D eigenvalue weighted by Crippen LogP contribution is 2.31. The molecule has 0 spiro atoms. The van der Waals surface area contributed by atoms with Crippen molar-refractivity contribution >= 4 is 23.4 Å². The summed E-state index contributed by atoms with van der Waals surface area (Å²) >= 11 is 5.79. The van der Waals surface area contributed by atoms with Crippen molar-refractivity contribution in [2.75, 3.05) is 6.54 Å². The van der Waals surface area contributed by atoms with Crippen molar-refractivity contribution in [3.63, 3.8) is 0 Å². The smallest absolute Gasteiger partial charge is 0.264 e. The Hall–Kier alpha value is -2.44. The zero-order valence-corrected chi connectivity index (χ0v) is 15.5. The minimum absolute atomic E-state index is 0.00124. The maximum atomic E-state index is 13.4. The van der Waals surface area contributed by atoms with E-state index in [9.17, 15) is 19.1 Å². The van der Waals surface area contributed by atoms with Crippen LogP contribution in [-0.2, 0) is 16.1 Å². The summed E-state index contributed by atoms with van der Waals surface area (Å²) in [6.45, 7) is 2.08. The Balaban J connectivity index is 1.68. The Morgan fingerprint density at radius 2 is 2.04 bits per heavy atom. The second-order valence-corrected chi connectivity index (χ2v) is 7.09. The predicted octanol–water partition coefficient (Wildman–Crippen LogP) is 2.82. The first-order chi connectivity index (χ1) is 12.8. The zero-order chi connectivity index (χ0) is 19.6. The van der Waals surface area contributed by atoms with Crippen LogP contribution in [-0.4, -0.2) is 34.0 Å². The highest BCUT2D eigenvalue weighted by Gasteiger charge is 2.52. The molecule has 142 valence electrons. The number of nitrogens with one attached hydrogen (secondary N) is 1. The molecular formula is C20H20ClFN2O3. The predicted molar refractivity (Wildman–Crippen MR) is 99.4 cm³/mol. The molecule has 0 bridgehead atoms. The summed E-state index contributed by atoms with van der Waals surface area (Å²) in [6.07, 6.45) is -0.00124. The molecule has 0 aliphatic carbocycles. The van der Waals surface area contributed by atoms with Crippen molar-refractivity contribution in [1.29, 1.82) is 0 Å². The van der Waals surface area contributed by atoms with Gasteiger partial charge in [-0.05, 0) is 36.2 Å². The van der Waals surface area contributed by atoms with Gasteiger partial charge in [-0.1, -0.05) is 41.9 Å². The normalized spacial score (nSPS) is 20.6. The number of hydrogen-bond acceptors (Lipinski definition) is 3. The summed E-state index contributed by atoms with van der Waals surface area (Å²) in [5.41, 5.74) is -0.762. The van der Waals surface area contributed by atoms with E-state index in [1.165, 1.54) is 17.0 Å². The van der Waals surface area contributed by atoms with Gasteiger partial charge in [0.2, 0.25) is 5.60 Å². The van der Waals surface area contributed by atoms with Crippen molar-refractivity contribution in [1.82, 2.24) is 10.2 Å². The first-order valence-corrected chi connectivity index (χ1v) is 9.01. The Morgan fingerprint density at radius 3 is 2.70 bits per heavy atom. The van der Waals surface area contributed by atoms with Gasteiger partial charge >= 0.3 is 0 Å². The van der Waals surface area contributed by atoms with Crippen molar-refractivity contribution in [3.8, 4) is 0 Å². The average Bonchev–Trinajstić information content (AvgIpc) is 2.95. The van der Waals surface area contributed by atoms with Gasteiger partial charge in [0.05, 0.1) is 6.04 Å². The molecule has 2 N–H and O–H groups in total. The second-order valence-electron chi connectivity index (χ2n) is 6.66. The highest BCUT2D eigenvalue weighted by atomic mass is 35.5. The molecule has 1 saturated heterocycles. The zero-order valence-electron chi connectivity index (χ0n) is 14.8. The summed E-state index contributed by atoms with van der Waals surface area (Å²) in [6, 6.07) is 13.0. The molecular weight excluding hydrogens is 371 g/mol. The number of carbonyl (C=O) groups excluding carboxylic acids is 2. The molecule has 0 saturated carbocycles. The van der Waals surface area contributed by atoms with Crippen LogP contribution in [0.25, 0.3) is 0 Å². The Kier molecular flexibility index (Phi) is 5.48. The van der Waals surface area contributed by atoms with Crippen molar-refractivity contribution < 1.29 is 19.1 Å². The van der Waals surface area contributed by atoms with Gasteiger partial charge in [-0.3, -0.25) is 9.59 Å². The molecule has 5 nitrogen and oxygen atoms in total. The molecule has 0 radical (unpaired) electrons. The van der Waals surface area contributed by atoms with Gasteiger partial charge < -0.3 is 15.3 Å². The molecule has 1 fully saturated rings. The van der Waals surface area contributed by atoms with E-state index in [0.29, 0.717) is 5.56 Å². The molecule has 2 amide bonds. The van der Waals surface area contributed by atoms with Gasteiger partial charge in [0, 0.05) is 24.5 Å². The third-order valence-corrected chi connectivity index (χ3v) is 5.05. The van der Waals surface area contributed by atoms with E-state index in [1.807, 2.05) is 37.3 Å². The van der Waals surface area contributed by atoms with Gasteiger partial charge in [-0.2, -0.15) is 0 Å². The van der Waals surface area contributed by atoms with Gasteiger partial charge in [-0.15, -0.1) is 0 Å². The lowest BCUT2D eigenvalue weighted by molar-refractivity contribution is -0.155. The summed E-state index contributed by atoms with van der Waals surface area (Å²) in [5.74, 6) is -1.95. The van der Waals surface area contributed by atoms with Crippen molar-refractivity contribution in [2.45, 2.75) is 31.5 Å². The lowest BCUT2D eigenvalue weighted by atomic mass is 10.0. The standard InChI is InChI=1S/C20H20ClFN2O3/c1-13(15-5-3-2-4-6-15)24-8-7-20(27,19(24)26)18(25)23-12-14-9-16(21)11-17(22)10-14/h2-6,9-11,13,27H,7-8,12H2,1H3,(H,23,25). The van der Waals surface area contributed by atoms with Crippen molar-refractivity contribution in [3.05, 3.63) is 70.5 Å². The molecule has 3 rings (SSSR count). The number of halogens is 2. The quantitative estimate of drug-likeness (QED) is 0.771. The van der Waals surface area contributed by atoms with Crippen LogP contribution < -0.4 is 5.32 Å². The number of carbonyl (C=O) groups is 2. The number of hydrogen-bond donors (Lipinski definition) is 2. The number of amides is 2. The molecule has 7 heteroatoms. The van der Waals surface area contributed by atoms with Gasteiger partial charge in [0.1, 0.15) is 5.82 Å². The summed E-state index contributed by atoms with van der Waals surface area (Å²) in [7, 11) is 0. The summed E-state index contributed by atoms with van der Waals surface area (Å²) < 4.78 is 13.4. The molecule has 2 aromatic carbocycles. The van der Waals surface area contributed by atoms with E-state index in [0.717, 1.165) is 11.6 Å². The highest BCUT2D eigenvalue weighted by molar-refractivity contribution is 6.30. The van der Waals surface area contributed by atoms with E-state index in [-0.39, 0.29) is 30.6 Å².